The maximum absolute atomic E-state index is 12.6. The highest BCUT2D eigenvalue weighted by Crippen LogP contribution is 2.13. The quantitative estimate of drug-likeness (QED) is 0.898. The standard InChI is InChI=1S/C17H27N3O/c1-3-14(2)19-9-11-20(12-10-19)17(21)16-6-4-5-15(13-16)7-8-18/h4-6,13-14H,3,7-12,18H2,1-2H3. The average Bonchev–Trinajstić information content (AvgIpc) is 2.54. The van der Waals surface area contributed by atoms with Crippen LogP contribution in [0, 0.1) is 0 Å². The smallest absolute Gasteiger partial charge is 0.253 e. The number of nitrogens with zero attached hydrogens (tertiary/aromatic N) is 2. The van der Waals surface area contributed by atoms with Crippen LogP contribution >= 0.6 is 0 Å². The maximum Gasteiger partial charge on any atom is 0.253 e. The van der Waals surface area contributed by atoms with E-state index in [0.717, 1.165) is 50.1 Å². The number of rotatable bonds is 5. The van der Waals surface area contributed by atoms with Crippen molar-refractivity contribution in [2.45, 2.75) is 32.7 Å². The zero-order valence-corrected chi connectivity index (χ0v) is 13.2. The van der Waals surface area contributed by atoms with Crippen LogP contribution in [0.3, 0.4) is 0 Å². The highest BCUT2D eigenvalue weighted by atomic mass is 16.2. The molecule has 1 heterocycles. The van der Waals surface area contributed by atoms with Gasteiger partial charge in [-0.3, -0.25) is 9.69 Å². The van der Waals surface area contributed by atoms with Gasteiger partial charge in [-0.25, -0.2) is 0 Å². The van der Waals surface area contributed by atoms with E-state index >= 15 is 0 Å². The lowest BCUT2D eigenvalue weighted by atomic mass is 10.1. The third-order valence-electron chi connectivity index (χ3n) is 4.42. The molecule has 0 saturated carbocycles. The first-order valence-electron chi connectivity index (χ1n) is 7.98. The minimum absolute atomic E-state index is 0.151. The summed E-state index contributed by atoms with van der Waals surface area (Å²) in [5.74, 6) is 0.151. The summed E-state index contributed by atoms with van der Waals surface area (Å²) in [5, 5.41) is 0. The fourth-order valence-electron chi connectivity index (χ4n) is 2.83. The van der Waals surface area contributed by atoms with Crippen LogP contribution in [0.5, 0.6) is 0 Å². The van der Waals surface area contributed by atoms with Gasteiger partial charge in [-0.1, -0.05) is 19.1 Å². The van der Waals surface area contributed by atoms with Gasteiger partial charge >= 0.3 is 0 Å². The van der Waals surface area contributed by atoms with Crippen LogP contribution in [0.4, 0.5) is 0 Å². The van der Waals surface area contributed by atoms with E-state index in [4.69, 9.17) is 5.73 Å². The summed E-state index contributed by atoms with van der Waals surface area (Å²) >= 11 is 0. The molecule has 0 aromatic heterocycles. The molecule has 0 bridgehead atoms. The first-order valence-corrected chi connectivity index (χ1v) is 7.98. The lowest BCUT2D eigenvalue weighted by molar-refractivity contribution is 0.0579. The second kappa shape index (κ2) is 7.57. The molecule has 2 rings (SSSR count). The molecule has 1 atom stereocenters. The fraction of sp³-hybridized carbons (Fsp3) is 0.588. The molecule has 0 spiro atoms. The summed E-state index contributed by atoms with van der Waals surface area (Å²) in [7, 11) is 0. The van der Waals surface area contributed by atoms with Gasteiger partial charge in [0.1, 0.15) is 0 Å². The Balaban J connectivity index is 1.97. The zero-order valence-electron chi connectivity index (χ0n) is 13.2. The van der Waals surface area contributed by atoms with Crippen LogP contribution in [-0.4, -0.2) is 54.5 Å². The van der Waals surface area contributed by atoms with E-state index in [9.17, 15) is 4.79 Å². The third kappa shape index (κ3) is 4.05. The molecule has 0 aliphatic carbocycles. The second-order valence-corrected chi connectivity index (χ2v) is 5.82. The Kier molecular flexibility index (Phi) is 5.76. The number of piperazine rings is 1. The van der Waals surface area contributed by atoms with Gasteiger partial charge < -0.3 is 10.6 Å². The lowest BCUT2D eigenvalue weighted by Gasteiger charge is -2.37. The van der Waals surface area contributed by atoms with Crippen LogP contribution in [0.25, 0.3) is 0 Å². The number of amides is 1. The van der Waals surface area contributed by atoms with Gasteiger partial charge in [0.2, 0.25) is 0 Å². The van der Waals surface area contributed by atoms with E-state index in [1.54, 1.807) is 0 Å². The highest BCUT2D eigenvalue weighted by molar-refractivity contribution is 5.94. The van der Waals surface area contributed by atoms with Gasteiger partial charge in [0.25, 0.3) is 5.91 Å². The molecular formula is C17H27N3O. The number of nitrogens with two attached hydrogens (primary N) is 1. The van der Waals surface area contributed by atoms with Crippen molar-refractivity contribution in [2.24, 2.45) is 5.73 Å². The summed E-state index contributed by atoms with van der Waals surface area (Å²) in [6, 6.07) is 8.48. The first-order chi connectivity index (χ1) is 10.2. The van der Waals surface area contributed by atoms with Gasteiger partial charge in [0.05, 0.1) is 0 Å². The fourth-order valence-corrected chi connectivity index (χ4v) is 2.83. The van der Waals surface area contributed by atoms with Crippen molar-refractivity contribution in [2.75, 3.05) is 32.7 Å². The molecule has 4 nitrogen and oxygen atoms in total. The predicted octanol–water partition coefficient (Wildman–Crippen LogP) is 1.74. The molecule has 2 N–H and O–H groups in total. The van der Waals surface area contributed by atoms with E-state index in [1.807, 2.05) is 29.2 Å². The molecule has 1 unspecified atom stereocenters. The summed E-state index contributed by atoms with van der Waals surface area (Å²) < 4.78 is 0. The Bertz CT molecular complexity index is 467. The minimum atomic E-state index is 0.151. The van der Waals surface area contributed by atoms with Gasteiger partial charge in [0, 0.05) is 37.8 Å². The largest absolute Gasteiger partial charge is 0.336 e. The topological polar surface area (TPSA) is 49.6 Å². The molecule has 1 aliphatic heterocycles. The molecule has 21 heavy (non-hydrogen) atoms. The van der Waals surface area contributed by atoms with Crippen LogP contribution in [-0.2, 0) is 6.42 Å². The number of carbonyl (C=O) groups is 1. The van der Waals surface area contributed by atoms with Gasteiger partial charge in [-0.2, -0.15) is 0 Å². The van der Waals surface area contributed by atoms with E-state index in [0.29, 0.717) is 12.6 Å². The van der Waals surface area contributed by atoms with Gasteiger partial charge in [-0.15, -0.1) is 0 Å². The van der Waals surface area contributed by atoms with E-state index in [1.165, 1.54) is 0 Å². The predicted molar refractivity (Wildman–Crippen MR) is 86.4 cm³/mol. The van der Waals surface area contributed by atoms with Crippen molar-refractivity contribution in [3.63, 3.8) is 0 Å². The Labute approximate surface area is 127 Å². The highest BCUT2D eigenvalue weighted by Gasteiger charge is 2.24. The monoisotopic (exact) mass is 289 g/mol. The van der Waals surface area contributed by atoms with Crippen molar-refractivity contribution in [3.8, 4) is 0 Å². The van der Waals surface area contributed by atoms with Crippen LogP contribution < -0.4 is 5.73 Å². The molecule has 116 valence electrons. The number of hydrogen-bond donors (Lipinski definition) is 1. The molecule has 1 aliphatic rings. The van der Waals surface area contributed by atoms with E-state index in [2.05, 4.69) is 18.7 Å². The molecule has 1 aromatic rings. The third-order valence-corrected chi connectivity index (χ3v) is 4.42. The number of hydrogen-bond acceptors (Lipinski definition) is 3. The molecule has 1 saturated heterocycles. The minimum Gasteiger partial charge on any atom is -0.336 e. The Morgan fingerprint density at radius 3 is 2.62 bits per heavy atom. The van der Waals surface area contributed by atoms with Gasteiger partial charge in [0.15, 0.2) is 0 Å². The van der Waals surface area contributed by atoms with Crippen LogP contribution in [0.2, 0.25) is 0 Å². The maximum atomic E-state index is 12.6. The molecular weight excluding hydrogens is 262 g/mol. The van der Waals surface area contributed by atoms with Gasteiger partial charge in [-0.05, 0) is 44.0 Å². The SMILES string of the molecule is CCC(C)N1CCN(C(=O)c2cccc(CCN)c2)CC1. The molecule has 1 amide bonds. The summed E-state index contributed by atoms with van der Waals surface area (Å²) in [4.78, 5) is 17.0. The van der Waals surface area contributed by atoms with Crippen LogP contribution in [0.1, 0.15) is 36.2 Å². The summed E-state index contributed by atoms with van der Waals surface area (Å²) in [6.07, 6.45) is 1.98. The Morgan fingerprint density at radius 1 is 1.29 bits per heavy atom. The van der Waals surface area contributed by atoms with Crippen molar-refractivity contribution in [3.05, 3.63) is 35.4 Å². The summed E-state index contributed by atoms with van der Waals surface area (Å²) in [6.45, 7) is 8.69. The Hall–Kier alpha value is -1.39. The van der Waals surface area contributed by atoms with Crippen molar-refractivity contribution in [1.29, 1.82) is 0 Å². The Morgan fingerprint density at radius 2 is 2.00 bits per heavy atom. The van der Waals surface area contributed by atoms with Crippen LogP contribution in [0.15, 0.2) is 24.3 Å². The molecule has 1 fully saturated rings. The van der Waals surface area contributed by atoms with E-state index in [-0.39, 0.29) is 5.91 Å². The lowest BCUT2D eigenvalue weighted by Crippen LogP contribution is -2.51. The summed E-state index contributed by atoms with van der Waals surface area (Å²) in [5.41, 5.74) is 7.52. The molecule has 4 heteroatoms. The van der Waals surface area contributed by atoms with Crippen molar-refractivity contribution in [1.82, 2.24) is 9.80 Å². The molecule has 1 aromatic carbocycles. The second-order valence-electron chi connectivity index (χ2n) is 5.82. The number of benzene rings is 1. The first kappa shape index (κ1) is 16.0. The van der Waals surface area contributed by atoms with Crippen molar-refractivity contribution < 1.29 is 4.79 Å². The van der Waals surface area contributed by atoms with Crippen molar-refractivity contribution >= 4 is 5.91 Å². The number of carbonyl (C=O) groups excluding carboxylic acids is 1. The van der Waals surface area contributed by atoms with E-state index < -0.39 is 0 Å². The normalized spacial score (nSPS) is 17.8. The average molecular weight is 289 g/mol. The molecule has 0 radical (unpaired) electrons. The zero-order chi connectivity index (χ0) is 15.2.